The summed E-state index contributed by atoms with van der Waals surface area (Å²) in [4.78, 5) is 3.84. The van der Waals surface area contributed by atoms with Gasteiger partial charge in [0.15, 0.2) is 0 Å². The maximum Gasteiger partial charge on any atom is 0.246 e. The number of nitrogens with two attached hydrogens (primary N) is 1. The summed E-state index contributed by atoms with van der Waals surface area (Å²) < 4.78 is 25.4. The number of thioether (sulfide) groups is 1. The fourth-order valence-electron chi connectivity index (χ4n) is 1.13. The average molecular weight is 261 g/mol. The molecule has 0 unspecified atom stereocenters. The lowest BCUT2D eigenvalue weighted by Gasteiger charge is -2.17. The van der Waals surface area contributed by atoms with E-state index in [1.165, 1.54) is 23.6 Å². The van der Waals surface area contributed by atoms with Crippen molar-refractivity contribution in [1.29, 1.82) is 0 Å². The summed E-state index contributed by atoms with van der Waals surface area (Å²) in [7, 11) is -1.97. The summed E-state index contributed by atoms with van der Waals surface area (Å²) in [6, 6.07) is 3.03. The van der Waals surface area contributed by atoms with E-state index in [2.05, 4.69) is 4.98 Å². The van der Waals surface area contributed by atoms with Gasteiger partial charge in [0, 0.05) is 25.5 Å². The first kappa shape index (κ1) is 13.3. The van der Waals surface area contributed by atoms with Crippen LogP contribution in [0, 0.1) is 0 Å². The monoisotopic (exact) mass is 261 g/mol. The van der Waals surface area contributed by atoms with Crippen molar-refractivity contribution in [3.05, 3.63) is 18.3 Å². The highest BCUT2D eigenvalue weighted by Gasteiger charge is 2.22. The predicted octanol–water partition coefficient (Wildman–Crippen LogP) is 0.647. The van der Waals surface area contributed by atoms with Crippen LogP contribution in [-0.4, -0.2) is 43.3 Å². The first-order valence-electron chi connectivity index (χ1n) is 4.66. The molecule has 0 saturated heterocycles. The highest BCUT2D eigenvalue weighted by atomic mass is 32.2. The Morgan fingerprint density at radius 1 is 1.56 bits per heavy atom. The number of sulfonamides is 1. The van der Waals surface area contributed by atoms with E-state index in [0.717, 1.165) is 5.75 Å². The van der Waals surface area contributed by atoms with Crippen molar-refractivity contribution >= 4 is 27.6 Å². The molecule has 0 aliphatic carbocycles. The Balaban J connectivity index is 2.98. The van der Waals surface area contributed by atoms with Crippen molar-refractivity contribution in [1.82, 2.24) is 9.29 Å². The summed E-state index contributed by atoms with van der Waals surface area (Å²) in [5.41, 5.74) is 5.55. The van der Waals surface area contributed by atoms with E-state index in [-0.39, 0.29) is 10.7 Å². The van der Waals surface area contributed by atoms with Crippen LogP contribution >= 0.6 is 11.8 Å². The van der Waals surface area contributed by atoms with Crippen molar-refractivity contribution in [2.24, 2.45) is 0 Å². The van der Waals surface area contributed by atoms with Gasteiger partial charge in [0.25, 0.3) is 0 Å². The van der Waals surface area contributed by atoms with E-state index in [1.807, 2.05) is 6.26 Å². The molecule has 1 aromatic rings. The summed E-state index contributed by atoms with van der Waals surface area (Å²) >= 11 is 1.59. The highest BCUT2D eigenvalue weighted by molar-refractivity contribution is 7.98. The van der Waals surface area contributed by atoms with Crippen molar-refractivity contribution in [2.45, 2.75) is 4.90 Å². The number of hydrogen-bond acceptors (Lipinski definition) is 5. The number of hydrogen-bond donors (Lipinski definition) is 1. The molecule has 90 valence electrons. The van der Waals surface area contributed by atoms with Crippen LogP contribution in [0.15, 0.2) is 23.2 Å². The largest absolute Gasteiger partial charge is 0.383 e. The average Bonchev–Trinajstić information content (AvgIpc) is 2.26. The maximum atomic E-state index is 12.1. The lowest BCUT2D eigenvalue weighted by atomic mass is 10.5. The smallest absolute Gasteiger partial charge is 0.246 e. The fraction of sp³-hybridized carbons (Fsp3) is 0.444. The molecule has 0 aromatic carbocycles. The Morgan fingerprint density at radius 2 is 2.25 bits per heavy atom. The molecule has 0 fully saturated rings. The van der Waals surface area contributed by atoms with Gasteiger partial charge in [-0.05, 0) is 18.4 Å². The lowest BCUT2D eigenvalue weighted by molar-refractivity contribution is 0.489. The predicted molar refractivity (Wildman–Crippen MR) is 66.8 cm³/mol. The zero-order valence-electron chi connectivity index (χ0n) is 9.25. The molecule has 0 atom stereocenters. The molecule has 0 aliphatic rings. The first-order chi connectivity index (χ1) is 7.50. The third kappa shape index (κ3) is 2.87. The van der Waals surface area contributed by atoms with Crippen LogP contribution in [0.2, 0.25) is 0 Å². The van der Waals surface area contributed by atoms with E-state index in [4.69, 9.17) is 5.73 Å². The van der Waals surface area contributed by atoms with Gasteiger partial charge in [0.2, 0.25) is 10.0 Å². The SMILES string of the molecule is CSCCN(C)S(=O)(=O)c1cccnc1N. The molecule has 2 N–H and O–H groups in total. The van der Waals surface area contributed by atoms with Crippen LogP contribution in [0.3, 0.4) is 0 Å². The highest BCUT2D eigenvalue weighted by Crippen LogP contribution is 2.18. The van der Waals surface area contributed by atoms with Crippen molar-refractivity contribution in [2.75, 3.05) is 31.3 Å². The van der Waals surface area contributed by atoms with Gasteiger partial charge in [-0.25, -0.2) is 13.4 Å². The van der Waals surface area contributed by atoms with Gasteiger partial charge in [-0.1, -0.05) is 0 Å². The number of rotatable bonds is 5. The standard InChI is InChI=1S/C9H15N3O2S2/c1-12(6-7-15-2)16(13,14)8-4-3-5-11-9(8)10/h3-5H,6-7H2,1-2H3,(H2,10,11). The minimum Gasteiger partial charge on any atom is -0.383 e. The zero-order valence-corrected chi connectivity index (χ0v) is 10.9. The van der Waals surface area contributed by atoms with E-state index in [9.17, 15) is 8.42 Å². The maximum absolute atomic E-state index is 12.1. The second-order valence-corrected chi connectivity index (χ2v) is 6.21. The molecular formula is C9H15N3O2S2. The van der Waals surface area contributed by atoms with Crippen molar-refractivity contribution < 1.29 is 8.42 Å². The molecule has 0 radical (unpaired) electrons. The quantitative estimate of drug-likeness (QED) is 0.842. The van der Waals surface area contributed by atoms with Crippen molar-refractivity contribution in [3.8, 4) is 0 Å². The Hall–Kier alpha value is -0.790. The van der Waals surface area contributed by atoms with Crippen LogP contribution < -0.4 is 5.73 Å². The molecule has 16 heavy (non-hydrogen) atoms. The topological polar surface area (TPSA) is 76.3 Å². The second kappa shape index (κ2) is 5.51. The van der Waals surface area contributed by atoms with Crippen LogP contribution in [0.25, 0.3) is 0 Å². The minimum absolute atomic E-state index is 0.0403. The number of nitrogen functional groups attached to an aromatic ring is 1. The van der Waals surface area contributed by atoms with Gasteiger partial charge in [0.1, 0.15) is 10.7 Å². The van der Waals surface area contributed by atoms with E-state index in [1.54, 1.807) is 17.8 Å². The summed E-state index contributed by atoms with van der Waals surface area (Å²) in [6.45, 7) is 0.456. The van der Waals surface area contributed by atoms with Gasteiger partial charge >= 0.3 is 0 Å². The molecule has 7 heteroatoms. The fourth-order valence-corrected chi connectivity index (χ4v) is 2.94. The summed E-state index contributed by atoms with van der Waals surface area (Å²) in [6.07, 6.45) is 3.40. The lowest BCUT2D eigenvalue weighted by Crippen LogP contribution is -2.29. The van der Waals surface area contributed by atoms with Gasteiger partial charge in [-0.3, -0.25) is 0 Å². The van der Waals surface area contributed by atoms with Gasteiger partial charge < -0.3 is 5.73 Å². The van der Waals surface area contributed by atoms with Gasteiger partial charge in [-0.15, -0.1) is 0 Å². The van der Waals surface area contributed by atoms with E-state index >= 15 is 0 Å². The molecular weight excluding hydrogens is 246 g/mol. The number of nitrogens with zero attached hydrogens (tertiary/aromatic N) is 2. The van der Waals surface area contributed by atoms with E-state index < -0.39 is 10.0 Å². The third-order valence-corrected chi connectivity index (χ3v) is 4.59. The first-order valence-corrected chi connectivity index (χ1v) is 7.49. The number of aromatic nitrogens is 1. The Morgan fingerprint density at radius 3 is 2.81 bits per heavy atom. The number of pyridine rings is 1. The summed E-state index contributed by atoms with van der Waals surface area (Å²) in [5, 5.41) is 0. The molecule has 1 heterocycles. The van der Waals surface area contributed by atoms with Crippen LogP contribution in [-0.2, 0) is 10.0 Å². The summed E-state index contributed by atoms with van der Waals surface area (Å²) in [5.74, 6) is 0.786. The van der Waals surface area contributed by atoms with Crippen LogP contribution in [0.1, 0.15) is 0 Å². The Labute approximate surface area is 100 Å². The van der Waals surface area contributed by atoms with Gasteiger partial charge in [-0.2, -0.15) is 16.1 Å². The normalized spacial score (nSPS) is 11.9. The molecule has 1 rings (SSSR count). The molecule has 0 saturated carbocycles. The van der Waals surface area contributed by atoms with Crippen LogP contribution in [0.4, 0.5) is 5.82 Å². The molecule has 0 spiro atoms. The minimum atomic E-state index is -3.51. The second-order valence-electron chi connectivity index (χ2n) is 3.21. The number of anilines is 1. The third-order valence-electron chi connectivity index (χ3n) is 2.10. The van der Waals surface area contributed by atoms with Gasteiger partial charge in [0.05, 0.1) is 0 Å². The van der Waals surface area contributed by atoms with Crippen molar-refractivity contribution in [3.63, 3.8) is 0 Å². The molecule has 5 nitrogen and oxygen atoms in total. The molecule has 1 aromatic heterocycles. The Kier molecular flexibility index (Phi) is 4.57. The van der Waals surface area contributed by atoms with Crippen LogP contribution in [0.5, 0.6) is 0 Å². The molecule has 0 bridgehead atoms. The molecule has 0 amide bonds. The molecule has 0 aliphatic heterocycles. The zero-order chi connectivity index (χ0) is 12.2. The Bertz CT molecular complexity index is 448. The van der Waals surface area contributed by atoms with E-state index in [0.29, 0.717) is 6.54 Å².